The van der Waals surface area contributed by atoms with Crippen LogP contribution in [0, 0.1) is 25.2 Å². The fraction of sp³-hybridized carbons (Fsp3) is 0.333. The van der Waals surface area contributed by atoms with E-state index in [1.807, 2.05) is 36.6 Å². The maximum atomic E-state index is 12.9. The number of aryl methyl sites for hydroxylation is 1. The zero-order valence-electron chi connectivity index (χ0n) is 18.4. The highest BCUT2D eigenvalue weighted by Gasteiger charge is 2.38. The number of carbonyl (C=O) groups excluding carboxylic acids is 1. The lowest BCUT2D eigenvalue weighted by Gasteiger charge is -2.20. The number of halogens is 2. The molecule has 2 aliphatic heterocycles. The summed E-state index contributed by atoms with van der Waals surface area (Å²) in [5.41, 5.74) is 3.79. The molecule has 3 aliphatic rings. The van der Waals surface area contributed by atoms with Crippen molar-refractivity contribution in [3.05, 3.63) is 56.8 Å². The van der Waals surface area contributed by atoms with Crippen LogP contribution in [0.5, 0.6) is 0 Å². The first-order chi connectivity index (χ1) is 15.8. The molecule has 1 aromatic carbocycles. The first-order valence-electron chi connectivity index (χ1n) is 11.0. The third-order valence-electron chi connectivity index (χ3n) is 6.30. The Bertz CT molecular complexity index is 1250. The van der Waals surface area contributed by atoms with E-state index in [1.165, 1.54) is 36.0 Å². The van der Waals surface area contributed by atoms with E-state index in [2.05, 4.69) is 10.1 Å². The van der Waals surface area contributed by atoms with E-state index in [4.69, 9.17) is 28.6 Å². The van der Waals surface area contributed by atoms with Crippen LogP contribution in [0.4, 0.5) is 0 Å². The SMILES string of the molecule is Cc1cc(/C=C2\C(=N)N3N=C(C4CCCCC4)SC3=NC2=O)c(C)n1-c1cc(Cl)cc(Cl)c1. The molecule has 33 heavy (non-hydrogen) atoms. The number of thioether (sulfide) groups is 1. The summed E-state index contributed by atoms with van der Waals surface area (Å²) < 4.78 is 2.03. The number of hydrogen-bond acceptors (Lipinski definition) is 4. The maximum Gasteiger partial charge on any atom is 0.283 e. The van der Waals surface area contributed by atoms with Crippen molar-refractivity contribution in [2.45, 2.75) is 46.0 Å². The van der Waals surface area contributed by atoms with Gasteiger partial charge < -0.3 is 4.57 Å². The van der Waals surface area contributed by atoms with E-state index in [0.717, 1.165) is 40.5 Å². The zero-order valence-corrected chi connectivity index (χ0v) is 20.7. The number of hydrazone groups is 1. The van der Waals surface area contributed by atoms with Gasteiger partial charge in [-0.1, -0.05) is 42.5 Å². The average molecular weight is 500 g/mol. The molecule has 0 spiro atoms. The fourth-order valence-electron chi connectivity index (χ4n) is 4.68. The van der Waals surface area contributed by atoms with Gasteiger partial charge in [-0.15, -0.1) is 0 Å². The molecule has 1 N–H and O–H groups in total. The Morgan fingerprint density at radius 2 is 1.79 bits per heavy atom. The van der Waals surface area contributed by atoms with E-state index in [0.29, 0.717) is 21.1 Å². The molecule has 2 aromatic rings. The summed E-state index contributed by atoms with van der Waals surface area (Å²) in [6, 6.07) is 7.36. The third kappa shape index (κ3) is 4.18. The van der Waals surface area contributed by atoms with Gasteiger partial charge in [0.15, 0.2) is 5.84 Å². The average Bonchev–Trinajstić information content (AvgIpc) is 3.31. The number of nitrogens with one attached hydrogen (secondary N) is 1. The number of nitrogens with zero attached hydrogens (tertiary/aromatic N) is 4. The molecule has 1 fully saturated rings. The second-order valence-corrected chi connectivity index (χ2v) is 10.4. The number of benzene rings is 1. The molecule has 6 nitrogen and oxygen atoms in total. The molecular formula is C24H23Cl2N5OS. The van der Waals surface area contributed by atoms with Crippen molar-refractivity contribution in [1.82, 2.24) is 9.58 Å². The molecular weight excluding hydrogens is 477 g/mol. The van der Waals surface area contributed by atoms with Gasteiger partial charge in [0, 0.05) is 33.0 Å². The van der Waals surface area contributed by atoms with Crippen molar-refractivity contribution in [3.8, 4) is 5.69 Å². The lowest BCUT2D eigenvalue weighted by Crippen LogP contribution is -2.35. The van der Waals surface area contributed by atoms with Crippen LogP contribution in [0.1, 0.15) is 49.1 Å². The van der Waals surface area contributed by atoms with Gasteiger partial charge in [0.25, 0.3) is 5.91 Å². The van der Waals surface area contributed by atoms with Crippen LogP contribution in [0.2, 0.25) is 10.0 Å². The van der Waals surface area contributed by atoms with E-state index in [1.54, 1.807) is 12.1 Å². The zero-order chi connectivity index (χ0) is 23.3. The normalized spacial score (nSPS) is 20.4. The Kier molecular flexibility index (Phi) is 5.97. The predicted molar refractivity (Wildman–Crippen MR) is 137 cm³/mol. The van der Waals surface area contributed by atoms with Crippen LogP contribution in [-0.2, 0) is 4.79 Å². The molecule has 170 valence electrons. The summed E-state index contributed by atoms with van der Waals surface area (Å²) >= 11 is 13.8. The third-order valence-corrected chi connectivity index (χ3v) is 7.81. The summed E-state index contributed by atoms with van der Waals surface area (Å²) in [6.45, 7) is 3.94. The van der Waals surface area contributed by atoms with Gasteiger partial charge in [-0.05, 0) is 74.4 Å². The van der Waals surface area contributed by atoms with Crippen LogP contribution in [-0.4, -0.2) is 31.5 Å². The number of hydrogen-bond donors (Lipinski definition) is 1. The van der Waals surface area contributed by atoms with Gasteiger partial charge >= 0.3 is 0 Å². The summed E-state index contributed by atoms with van der Waals surface area (Å²) in [5.74, 6) is 0.0594. The smallest absolute Gasteiger partial charge is 0.283 e. The highest BCUT2D eigenvalue weighted by Crippen LogP contribution is 2.36. The number of fused-ring (bicyclic) bond motifs is 1. The van der Waals surface area contributed by atoms with Gasteiger partial charge in [-0.2, -0.15) is 15.1 Å². The fourth-order valence-corrected chi connectivity index (χ4v) is 6.25. The minimum Gasteiger partial charge on any atom is -0.318 e. The number of carbonyl (C=O) groups is 1. The van der Waals surface area contributed by atoms with Crippen LogP contribution >= 0.6 is 35.0 Å². The Morgan fingerprint density at radius 3 is 2.48 bits per heavy atom. The molecule has 1 saturated carbocycles. The topological polar surface area (TPSA) is 73.8 Å². The predicted octanol–water partition coefficient (Wildman–Crippen LogP) is 6.60. The second-order valence-electron chi connectivity index (χ2n) is 8.58. The molecule has 0 saturated heterocycles. The molecule has 3 heterocycles. The summed E-state index contributed by atoms with van der Waals surface area (Å²) in [7, 11) is 0. The molecule has 5 rings (SSSR count). The Hall–Kier alpha value is -2.35. The largest absolute Gasteiger partial charge is 0.318 e. The number of amides is 1. The van der Waals surface area contributed by atoms with Crippen molar-refractivity contribution < 1.29 is 4.79 Å². The highest BCUT2D eigenvalue weighted by atomic mass is 35.5. The summed E-state index contributed by atoms with van der Waals surface area (Å²) in [4.78, 5) is 17.1. The van der Waals surface area contributed by atoms with Gasteiger partial charge in [-0.3, -0.25) is 10.2 Å². The molecule has 1 amide bonds. The van der Waals surface area contributed by atoms with Crippen LogP contribution in [0.15, 0.2) is 39.9 Å². The molecule has 0 bridgehead atoms. The minimum absolute atomic E-state index is 0.0684. The van der Waals surface area contributed by atoms with Crippen molar-refractivity contribution in [2.75, 3.05) is 0 Å². The maximum absolute atomic E-state index is 12.9. The minimum atomic E-state index is -0.408. The summed E-state index contributed by atoms with van der Waals surface area (Å²) in [5, 5.41) is 17.5. The Balaban J connectivity index is 1.49. The van der Waals surface area contributed by atoms with Gasteiger partial charge in [0.05, 0.1) is 5.57 Å². The number of aromatic nitrogens is 1. The molecule has 9 heteroatoms. The molecule has 0 radical (unpaired) electrons. The van der Waals surface area contributed by atoms with Gasteiger partial charge in [0.2, 0.25) is 5.17 Å². The lowest BCUT2D eigenvalue weighted by molar-refractivity contribution is -0.114. The van der Waals surface area contributed by atoms with E-state index in [-0.39, 0.29) is 11.4 Å². The number of amidine groups is 2. The molecule has 0 unspecified atom stereocenters. The van der Waals surface area contributed by atoms with Crippen molar-refractivity contribution in [2.24, 2.45) is 16.0 Å². The van der Waals surface area contributed by atoms with Crippen LogP contribution in [0.3, 0.4) is 0 Å². The van der Waals surface area contributed by atoms with Crippen LogP contribution in [0.25, 0.3) is 11.8 Å². The molecule has 0 atom stereocenters. The van der Waals surface area contributed by atoms with Gasteiger partial charge in [0.1, 0.15) is 5.04 Å². The van der Waals surface area contributed by atoms with E-state index < -0.39 is 5.91 Å². The van der Waals surface area contributed by atoms with E-state index in [9.17, 15) is 4.79 Å². The van der Waals surface area contributed by atoms with Gasteiger partial charge in [-0.25, -0.2) is 0 Å². The first kappa shape index (κ1) is 22.4. The molecule has 1 aromatic heterocycles. The van der Waals surface area contributed by atoms with Crippen molar-refractivity contribution >= 4 is 63.0 Å². The number of aliphatic imine (C=N–C) groups is 1. The quantitative estimate of drug-likeness (QED) is 0.483. The number of rotatable bonds is 3. The van der Waals surface area contributed by atoms with Crippen LogP contribution < -0.4 is 0 Å². The first-order valence-corrected chi connectivity index (χ1v) is 12.5. The molecule has 1 aliphatic carbocycles. The highest BCUT2D eigenvalue weighted by molar-refractivity contribution is 8.27. The second kappa shape index (κ2) is 8.78. The lowest BCUT2D eigenvalue weighted by atomic mass is 9.90. The summed E-state index contributed by atoms with van der Waals surface area (Å²) in [6.07, 6.45) is 7.61. The Morgan fingerprint density at radius 1 is 1.09 bits per heavy atom. The van der Waals surface area contributed by atoms with E-state index >= 15 is 0 Å². The standard InChI is InChI=1S/C24H23Cl2N5OS/c1-13-8-16(14(2)30(13)19-11-17(25)10-18(26)12-19)9-20-21(27)31-24(28-22(20)32)33-23(29-31)15-6-4-3-5-7-15/h8-12,15,27H,3-7H2,1-2H3/b20-9+,27-21?. The Labute approximate surface area is 206 Å². The van der Waals surface area contributed by atoms with Crippen molar-refractivity contribution in [1.29, 1.82) is 5.41 Å². The monoisotopic (exact) mass is 499 g/mol. The van der Waals surface area contributed by atoms with Crippen molar-refractivity contribution in [3.63, 3.8) is 0 Å².